The van der Waals surface area contributed by atoms with Gasteiger partial charge in [0.15, 0.2) is 0 Å². The summed E-state index contributed by atoms with van der Waals surface area (Å²) in [6, 6.07) is 13.0. The van der Waals surface area contributed by atoms with Crippen molar-refractivity contribution in [2.45, 2.75) is 6.92 Å². The summed E-state index contributed by atoms with van der Waals surface area (Å²) in [5, 5.41) is 29.7. The Morgan fingerprint density at radius 1 is 1.20 bits per heavy atom. The van der Waals surface area contributed by atoms with Crippen LogP contribution in [0.1, 0.15) is 5.82 Å². The van der Waals surface area contributed by atoms with Gasteiger partial charge in [0.05, 0.1) is 10.6 Å². The number of halogens is 1. The molecular formula is C16H12ClN5O3. The lowest BCUT2D eigenvalue weighted by molar-refractivity contribution is -0.384. The summed E-state index contributed by atoms with van der Waals surface area (Å²) < 4.78 is 1.34. The molecular weight excluding hydrogens is 346 g/mol. The van der Waals surface area contributed by atoms with Crippen LogP contribution in [-0.2, 0) is 0 Å². The van der Waals surface area contributed by atoms with Crippen LogP contribution in [0.2, 0.25) is 5.02 Å². The highest BCUT2D eigenvalue weighted by Gasteiger charge is 2.23. The topological polar surface area (TPSA) is 106 Å². The molecule has 9 heteroatoms. The molecule has 126 valence electrons. The van der Waals surface area contributed by atoms with Gasteiger partial charge in [0.1, 0.15) is 11.5 Å². The van der Waals surface area contributed by atoms with Crippen LogP contribution in [0.15, 0.2) is 58.8 Å². The first-order chi connectivity index (χ1) is 12.0. The molecule has 0 aliphatic carbocycles. The minimum Gasteiger partial charge on any atom is -0.491 e. The average Bonchev–Trinajstić information content (AvgIpc) is 2.86. The molecule has 0 aliphatic rings. The minimum atomic E-state index is -0.541. The van der Waals surface area contributed by atoms with Crippen molar-refractivity contribution in [3.05, 3.63) is 69.5 Å². The Bertz CT molecular complexity index is 969. The first-order valence-electron chi connectivity index (χ1n) is 7.17. The van der Waals surface area contributed by atoms with Gasteiger partial charge < -0.3 is 5.11 Å². The Morgan fingerprint density at radius 2 is 1.92 bits per heavy atom. The predicted octanol–water partition coefficient (Wildman–Crippen LogP) is 4.86. The van der Waals surface area contributed by atoms with Crippen molar-refractivity contribution in [3.63, 3.8) is 0 Å². The zero-order valence-corrected chi connectivity index (χ0v) is 13.8. The summed E-state index contributed by atoms with van der Waals surface area (Å²) in [7, 11) is 0. The predicted molar refractivity (Wildman–Crippen MR) is 92.2 cm³/mol. The molecule has 1 aromatic heterocycles. The monoisotopic (exact) mass is 357 g/mol. The Balaban J connectivity index is 2.17. The fourth-order valence-electron chi connectivity index (χ4n) is 2.31. The number of nitro groups is 1. The van der Waals surface area contributed by atoms with Crippen molar-refractivity contribution in [2.24, 2.45) is 10.2 Å². The van der Waals surface area contributed by atoms with Crippen LogP contribution in [0.5, 0.6) is 5.88 Å². The second kappa shape index (κ2) is 6.70. The maximum absolute atomic E-state index is 11.3. The molecule has 0 fully saturated rings. The van der Waals surface area contributed by atoms with E-state index in [9.17, 15) is 15.2 Å². The molecule has 2 aromatic carbocycles. The fourth-order valence-corrected chi connectivity index (χ4v) is 2.48. The second-order valence-electron chi connectivity index (χ2n) is 5.07. The standard InChI is InChI=1S/C16H12ClN5O3/c1-10-18-16(23)15(20-19-12-5-3-2-4-6-12)21(10)14-9-11(17)7-8-13(14)22(24)25/h2-9,23H,1H3. The number of aromatic nitrogens is 2. The van der Waals surface area contributed by atoms with E-state index in [1.54, 1.807) is 31.2 Å². The van der Waals surface area contributed by atoms with Gasteiger partial charge in [0, 0.05) is 11.1 Å². The van der Waals surface area contributed by atoms with Crippen molar-refractivity contribution in [1.82, 2.24) is 9.55 Å². The third-order valence-corrected chi connectivity index (χ3v) is 3.63. The quantitative estimate of drug-likeness (QED) is 0.408. The third kappa shape index (κ3) is 3.33. The van der Waals surface area contributed by atoms with Crippen LogP contribution >= 0.6 is 11.6 Å². The van der Waals surface area contributed by atoms with Gasteiger partial charge in [-0.15, -0.1) is 10.2 Å². The van der Waals surface area contributed by atoms with E-state index in [4.69, 9.17) is 11.6 Å². The molecule has 0 unspecified atom stereocenters. The lowest BCUT2D eigenvalue weighted by Gasteiger charge is -2.08. The van der Waals surface area contributed by atoms with Gasteiger partial charge in [-0.2, -0.15) is 4.98 Å². The highest BCUT2D eigenvalue weighted by atomic mass is 35.5. The number of nitrogens with zero attached hydrogens (tertiary/aromatic N) is 5. The largest absolute Gasteiger partial charge is 0.491 e. The minimum absolute atomic E-state index is 0.0216. The molecule has 0 saturated heterocycles. The third-order valence-electron chi connectivity index (χ3n) is 3.39. The average molecular weight is 358 g/mol. The van der Waals surface area contributed by atoms with Crippen LogP contribution in [0.4, 0.5) is 17.2 Å². The maximum Gasteiger partial charge on any atom is 0.293 e. The van der Waals surface area contributed by atoms with E-state index in [1.807, 2.05) is 6.07 Å². The van der Waals surface area contributed by atoms with Crippen LogP contribution in [-0.4, -0.2) is 19.6 Å². The number of aromatic hydroxyl groups is 1. The van der Waals surface area contributed by atoms with Crippen molar-refractivity contribution >= 4 is 28.8 Å². The van der Waals surface area contributed by atoms with Crippen LogP contribution in [0, 0.1) is 17.0 Å². The number of hydrogen-bond donors (Lipinski definition) is 1. The van der Waals surface area contributed by atoms with Crippen LogP contribution < -0.4 is 0 Å². The van der Waals surface area contributed by atoms with E-state index in [2.05, 4.69) is 15.2 Å². The van der Waals surface area contributed by atoms with Gasteiger partial charge in [-0.25, -0.2) is 0 Å². The molecule has 8 nitrogen and oxygen atoms in total. The zero-order chi connectivity index (χ0) is 18.0. The molecule has 3 rings (SSSR count). The van der Waals surface area contributed by atoms with Gasteiger partial charge in [0.25, 0.3) is 11.6 Å². The van der Waals surface area contributed by atoms with Gasteiger partial charge in [0.2, 0.25) is 5.82 Å². The molecule has 0 aliphatic heterocycles. The Labute approximate surface area is 147 Å². The van der Waals surface area contributed by atoms with Crippen LogP contribution in [0.25, 0.3) is 5.69 Å². The molecule has 1 heterocycles. The highest BCUT2D eigenvalue weighted by Crippen LogP contribution is 2.36. The van der Waals surface area contributed by atoms with Crippen LogP contribution in [0.3, 0.4) is 0 Å². The van der Waals surface area contributed by atoms with Crippen molar-refractivity contribution in [2.75, 3.05) is 0 Å². The molecule has 0 amide bonds. The molecule has 0 radical (unpaired) electrons. The molecule has 0 saturated carbocycles. The van der Waals surface area contributed by atoms with Gasteiger partial charge >= 0.3 is 0 Å². The summed E-state index contributed by atoms with van der Waals surface area (Å²) in [5.41, 5.74) is 0.513. The molecule has 0 bridgehead atoms. The molecule has 0 atom stereocenters. The summed E-state index contributed by atoms with van der Waals surface area (Å²) in [4.78, 5) is 14.7. The summed E-state index contributed by atoms with van der Waals surface area (Å²) >= 11 is 5.98. The number of rotatable bonds is 4. The lowest BCUT2D eigenvalue weighted by Crippen LogP contribution is -2.01. The summed E-state index contributed by atoms with van der Waals surface area (Å²) in [6.07, 6.45) is 0. The first-order valence-corrected chi connectivity index (χ1v) is 7.54. The van der Waals surface area contributed by atoms with E-state index < -0.39 is 4.92 Å². The molecule has 0 spiro atoms. The van der Waals surface area contributed by atoms with Crippen molar-refractivity contribution in [1.29, 1.82) is 0 Å². The SMILES string of the molecule is Cc1nc(O)c(N=Nc2ccccc2)n1-c1cc(Cl)ccc1[N+](=O)[O-]. The molecule has 3 aromatic rings. The van der Waals surface area contributed by atoms with Gasteiger partial charge in [-0.05, 0) is 31.2 Å². The number of hydrogen-bond acceptors (Lipinski definition) is 6. The first kappa shape index (κ1) is 16.6. The van der Waals surface area contributed by atoms with Gasteiger partial charge in [-0.3, -0.25) is 14.7 Å². The normalized spacial score (nSPS) is 11.1. The Hall–Kier alpha value is -3.26. The number of imidazole rings is 1. The smallest absolute Gasteiger partial charge is 0.293 e. The van der Waals surface area contributed by atoms with Crippen molar-refractivity contribution in [3.8, 4) is 11.6 Å². The molecule has 1 N–H and O–H groups in total. The number of azo groups is 1. The second-order valence-corrected chi connectivity index (χ2v) is 5.50. The zero-order valence-electron chi connectivity index (χ0n) is 13.0. The Kier molecular flexibility index (Phi) is 4.44. The van der Waals surface area contributed by atoms with Crippen molar-refractivity contribution < 1.29 is 10.0 Å². The molecule has 25 heavy (non-hydrogen) atoms. The summed E-state index contributed by atoms with van der Waals surface area (Å²) in [5.74, 6) is -0.0944. The fraction of sp³-hybridized carbons (Fsp3) is 0.0625. The lowest BCUT2D eigenvalue weighted by atomic mass is 10.2. The maximum atomic E-state index is 11.3. The van der Waals surface area contributed by atoms with E-state index in [0.29, 0.717) is 16.5 Å². The van der Waals surface area contributed by atoms with Gasteiger partial charge in [-0.1, -0.05) is 29.8 Å². The summed E-state index contributed by atoms with van der Waals surface area (Å²) in [6.45, 7) is 1.59. The number of aryl methyl sites for hydroxylation is 1. The van der Waals surface area contributed by atoms with E-state index >= 15 is 0 Å². The highest BCUT2D eigenvalue weighted by molar-refractivity contribution is 6.30. The van der Waals surface area contributed by atoms with E-state index in [0.717, 1.165) is 0 Å². The number of nitro benzene ring substituents is 1. The van der Waals surface area contributed by atoms with E-state index in [1.165, 1.54) is 22.8 Å². The Morgan fingerprint density at radius 3 is 2.60 bits per heavy atom. The number of benzene rings is 2. The van der Waals surface area contributed by atoms with E-state index in [-0.39, 0.29) is 23.1 Å².